The molecule has 0 unspecified atom stereocenters. The molecule has 3 rings (SSSR count). The Kier molecular flexibility index (Phi) is 2.00. The summed E-state index contributed by atoms with van der Waals surface area (Å²) in [6.07, 6.45) is 5.17. The third-order valence-electron chi connectivity index (χ3n) is 2.17. The summed E-state index contributed by atoms with van der Waals surface area (Å²) in [6, 6.07) is 7.38. The van der Waals surface area contributed by atoms with E-state index in [1.165, 1.54) is 0 Å². The maximum atomic E-state index is 5.20. The van der Waals surface area contributed by atoms with E-state index in [4.69, 9.17) is 4.52 Å². The molecule has 1 N–H and O–H groups in total. The molecule has 3 aromatic heterocycles. The zero-order chi connectivity index (χ0) is 10.8. The minimum Gasteiger partial charge on any atom is -0.359 e. The van der Waals surface area contributed by atoms with E-state index in [9.17, 15) is 0 Å². The molecule has 3 heterocycles. The highest BCUT2D eigenvalue weighted by molar-refractivity contribution is 5.59. The van der Waals surface area contributed by atoms with Crippen molar-refractivity contribution in [3.05, 3.63) is 42.9 Å². The Hall–Kier alpha value is -2.43. The van der Waals surface area contributed by atoms with Gasteiger partial charge in [-0.2, -0.15) is 0 Å². The van der Waals surface area contributed by atoms with Crippen LogP contribution >= 0.6 is 0 Å². The van der Waals surface area contributed by atoms with Crippen LogP contribution in [-0.2, 0) is 0 Å². The lowest BCUT2D eigenvalue weighted by Gasteiger charge is -1.89. The van der Waals surface area contributed by atoms with Crippen molar-refractivity contribution in [2.75, 3.05) is 0 Å². The smallest absolute Gasteiger partial charge is 0.183 e. The van der Waals surface area contributed by atoms with Crippen LogP contribution in [0.2, 0.25) is 0 Å². The van der Waals surface area contributed by atoms with Gasteiger partial charge in [0.05, 0.1) is 5.69 Å². The Bertz CT molecular complexity index is 571. The molecule has 5 heteroatoms. The number of hydrogen-bond donors (Lipinski definition) is 1. The predicted octanol–water partition coefficient (Wildman–Crippen LogP) is 2.13. The van der Waals surface area contributed by atoms with Crippen molar-refractivity contribution in [2.24, 2.45) is 0 Å². The maximum Gasteiger partial charge on any atom is 0.183 e. The fourth-order valence-electron chi connectivity index (χ4n) is 1.42. The molecular formula is C11H8N4O. The third-order valence-corrected chi connectivity index (χ3v) is 2.17. The molecule has 0 radical (unpaired) electrons. The Balaban J connectivity index is 2.00. The number of aromatic nitrogens is 4. The minimum absolute atomic E-state index is 0.559. The van der Waals surface area contributed by atoms with Crippen LogP contribution in [0.15, 0.2) is 47.4 Å². The van der Waals surface area contributed by atoms with Crippen molar-refractivity contribution in [1.29, 1.82) is 0 Å². The van der Waals surface area contributed by atoms with Crippen LogP contribution in [0, 0.1) is 0 Å². The summed E-state index contributed by atoms with van der Waals surface area (Å²) in [5.74, 6) is 1.23. The van der Waals surface area contributed by atoms with Crippen LogP contribution in [0.25, 0.3) is 23.0 Å². The van der Waals surface area contributed by atoms with Crippen LogP contribution in [-0.4, -0.2) is 20.1 Å². The standard InChI is InChI=1S/C11H8N4O/c1-3-8(12-4-1)10-7-9(15-16-10)11-13-5-2-6-14-11/h1-7,12H. The van der Waals surface area contributed by atoms with Crippen molar-refractivity contribution in [1.82, 2.24) is 20.1 Å². The van der Waals surface area contributed by atoms with Gasteiger partial charge in [-0.3, -0.25) is 0 Å². The van der Waals surface area contributed by atoms with Gasteiger partial charge in [-0.25, -0.2) is 9.97 Å². The van der Waals surface area contributed by atoms with Gasteiger partial charge in [0.25, 0.3) is 0 Å². The molecule has 0 bridgehead atoms. The van der Waals surface area contributed by atoms with Crippen LogP contribution < -0.4 is 0 Å². The van der Waals surface area contributed by atoms with E-state index < -0.39 is 0 Å². The molecule has 0 aromatic carbocycles. The SMILES string of the molecule is c1cnc(-c2cc(-c3ccc[nH]3)on2)nc1. The minimum atomic E-state index is 0.559. The number of nitrogens with one attached hydrogen (secondary N) is 1. The van der Waals surface area contributed by atoms with E-state index in [0.29, 0.717) is 17.3 Å². The molecule has 0 amide bonds. The summed E-state index contributed by atoms with van der Waals surface area (Å²) >= 11 is 0. The van der Waals surface area contributed by atoms with Crippen molar-refractivity contribution < 1.29 is 4.52 Å². The highest BCUT2D eigenvalue weighted by Crippen LogP contribution is 2.22. The molecule has 0 aliphatic heterocycles. The van der Waals surface area contributed by atoms with Gasteiger partial charge in [-0.05, 0) is 18.2 Å². The van der Waals surface area contributed by atoms with Crippen LogP contribution in [0.3, 0.4) is 0 Å². The van der Waals surface area contributed by atoms with Gasteiger partial charge < -0.3 is 9.51 Å². The van der Waals surface area contributed by atoms with E-state index >= 15 is 0 Å². The highest BCUT2D eigenvalue weighted by Gasteiger charge is 2.10. The molecule has 78 valence electrons. The second-order valence-corrected chi connectivity index (χ2v) is 3.23. The zero-order valence-corrected chi connectivity index (χ0v) is 8.29. The molecular weight excluding hydrogens is 204 g/mol. The van der Waals surface area contributed by atoms with Gasteiger partial charge in [0.2, 0.25) is 0 Å². The molecule has 0 spiro atoms. The fourth-order valence-corrected chi connectivity index (χ4v) is 1.42. The molecule has 0 aliphatic rings. The van der Waals surface area contributed by atoms with E-state index in [1.807, 2.05) is 18.3 Å². The molecule has 0 aliphatic carbocycles. The number of aromatic amines is 1. The Morgan fingerprint density at radius 2 is 2.00 bits per heavy atom. The number of nitrogens with zero attached hydrogens (tertiary/aromatic N) is 3. The van der Waals surface area contributed by atoms with Crippen LogP contribution in [0.5, 0.6) is 0 Å². The molecule has 0 fully saturated rings. The van der Waals surface area contributed by atoms with Gasteiger partial charge in [-0.1, -0.05) is 5.16 Å². The fraction of sp³-hybridized carbons (Fsp3) is 0. The molecule has 3 aromatic rings. The molecule has 0 saturated heterocycles. The first-order valence-electron chi connectivity index (χ1n) is 4.81. The second kappa shape index (κ2) is 3.62. The van der Waals surface area contributed by atoms with Gasteiger partial charge in [0.15, 0.2) is 17.3 Å². The number of hydrogen-bond acceptors (Lipinski definition) is 4. The quantitative estimate of drug-likeness (QED) is 0.706. The Labute approximate surface area is 91.2 Å². The van der Waals surface area contributed by atoms with Crippen LogP contribution in [0.1, 0.15) is 0 Å². The van der Waals surface area contributed by atoms with Crippen molar-refractivity contribution >= 4 is 0 Å². The van der Waals surface area contributed by atoms with E-state index in [1.54, 1.807) is 24.5 Å². The average molecular weight is 212 g/mol. The molecule has 0 saturated carbocycles. The topological polar surface area (TPSA) is 67.6 Å². The van der Waals surface area contributed by atoms with E-state index in [2.05, 4.69) is 20.1 Å². The zero-order valence-electron chi connectivity index (χ0n) is 8.29. The van der Waals surface area contributed by atoms with Gasteiger partial charge in [0, 0.05) is 24.7 Å². The van der Waals surface area contributed by atoms with Gasteiger partial charge in [0.1, 0.15) is 0 Å². The number of rotatable bonds is 2. The predicted molar refractivity (Wildman–Crippen MR) is 57.3 cm³/mol. The normalized spacial score (nSPS) is 10.5. The van der Waals surface area contributed by atoms with Gasteiger partial charge >= 0.3 is 0 Å². The summed E-state index contributed by atoms with van der Waals surface area (Å²) in [6.45, 7) is 0. The largest absolute Gasteiger partial charge is 0.359 e. The summed E-state index contributed by atoms with van der Waals surface area (Å²) in [7, 11) is 0. The van der Waals surface area contributed by atoms with Crippen molar-refractivity contribution in [2.45, 2.75) is 0 Å². The summed E-state index contributed by atoms with van der Waals surface area (Å²) in [5, 5.41) is 3.92. The van der Waals surface area contributed by atoms with Gasteiger partial charge in [-0.15, -0.1) is 0 Å². The van der Waals surface area contributed by atoms with E-state index in [-0.39, 0.29) is 0 Å². The van der Waals surface area contributed by atoms with Crippen molar-refractivity contribution in [3.63, 3.8) is 0 Å². The highest BCUT2D eigenvalue weighted by atomic mass is 16.5. The monoisotopic (exact) mass is 212 g/mol. The first-order valence-corrected chi connectivity index (χ1v) is 4.81. The summed E-state index contributed by atoms with van der Waals surface area (Å²) < 4.78 is 5.20. The lowest BCUT2D eigenvalue weighted by atomic mass is 10.3. The molecule has 16 heavy (non-hydrogen) atoms. The first-order chi connectivity index (χ1) is 7.93. The van der Waals surface area contributed by atoms with Crippen molar-refractivity contribution in [3.8, 4) is 23.0 Å². The Morgan fingerprint density at radius 3 is 2.75 bits per heavy atom. The third kappa shape index (κ3) is 1.48. The van der Waals surface area contributed by atoms with E-state index in [0.717, 1.165) is 5.69 Å². The maximum absolute atomic E-state index is 5.20. The molecule has 0 atom stereocenters. The lowest BCUT2D eigenvalue weighted by molar-refractivity contribution is 0.433. The first kappa shape index (κ1) is 8.84. The average Bonchev–Trinajstić information content (AvgIpc) is 3.01. The number of H-pyrrole nitrogens is 1. The van der Waals surface area contributed by atoms with Crippen LogP contribution in [0.4, 0.5) is 0 Å². The molecule has 5 nitrogen and oxygen atoms in total. The summed E-state index contributed by atoms with van der Waals surface area (Å²) in [4.78, 5) is 11.2. The lowest BCUT2D eigenvalue weighted by Crippen LogP contribution is -1.85. The Morgan fingerprint density at radius 1 is 1.12 bits per heavy atom. The second-order valence-electron chi connectivity index (χ2n) is 3.23. The summed E-state index contributed by atoms with van der Waals surface area (Å²) in [5.41, 5.74) is 1.51.